The van der Waals surface area contributed by atoms with Crippen molar-refractivity contribution in [3.05, 3.63) is 59.7 Å². The topological polar surface area (TPSA) is 49.4 Å². The van der Waals surface area contributed by atoms with E-state index in [0.717, 1.165) is 49.2 Å². The van der Waals surface area contributed by atoms with E-state index in [-0.39, 0.29) is 23.7 Å². The van der Waals surface area contributed by atoms with E-state index in [1.807, 2.05) is 41.3 Å². The van der Waals surface area contributed by atoms with Crippen LogP contribution in [0.1, 0.15) is 36.3 Å². The van der Waals surface area contributed by atoms with E-state index in [9.17, 15) is 9.59 Å². The van der Waals surface area contributed by atoms with Crippen molar-refractivity contribution in [3.63, 3.8) is 0 Å². The van der Waals surface area contributed by atoms with E-state index >= 15 is 0 Å². The predicted octanol–water partition coefficient (Wildman–Crippen LogP) is 3.73. The maximum Gasteiger partial charge on any atom is 0.230 e. The van der Waals surface area contributed by atoms with Crippen LogP contribution in [0.4, 0.5) is 11.4 Å². The Morgan fingerprint density at radius 3 is 2.62 bits per heavy atom. The summed E-state index contributed by atoms with van der Waals surface area (Å²) in [6.07, 6.45) is 3.85. The summed E-state index contributed by atoms with van der Waals surface area (Å²) in [5.41, 5.74) is 4.27. The highest BCUT2D eigenvalue weighted by Gasteiger charge is 2.44. The number of rotatable bonds is 4. The molecule has 2 atom stereocenters. The zero-order valence-electron chi connectivity index (χ0n) is 14.7. The van der Waals surface area contributed by atoms with Crippen molar-refractivity contribution in [2.45, 2.75) is 31.6 Å². The van der Waals surface area contributed by atoms with Gasteiger partial charge in [0.25, 0.3) is 0 Å². The number of carbonyl (C=O) groups is 2. The van der Waals surface area contributed by atoms with E-state index in [0.29, 0.717) is 5.92 Å². The smallest absolute Gasteiger partial charge is 0.230 e. The minimum atomic E-state index is 0.0681. The molecule has 0 aromatic heterocycles. The monoisotopic (exact) mass is 346 g/mol. The lowest BCUT2D eigenvalue weighted by Gasteiger charge is -2.17. The second kappa shape index (κ2) is 5.97. The number of hydrogen-bond donors (Lipinski definition) is 1. The summed E-state index contributed by atoms with van der Waals surface area (Å²) in [5.74, 6) is 1.02. The highest BCUT2D eigenvalue weighted by Crippen LogP contribution is 2.48. The van der Waals surface area contributed by atoms with Gasteiger partial charge in [0.15, 0.2) is 0 Å². The predicted molar refractivity (Wildman–Crippen MR) is 101 cm³/mol. The fourth-order valence-electron chi connectivity index (χ4n) is 4.05. The highest BCUT2D eigenvalue weighted by atomic mass is 16.2. The Kier molecular flexibility index (Phi) is 3.59. The quantitative estimate of drug-likeness (QED) is 0.917. The Bertz CT molecular complexity index is 873. The molecule has 2 aromatic carbocycles. The summed E-state index contributed by atoms with van der Waals surface area (Å²) in [6, 6.07) is 16.2. The molecular formula is C22H22N2O2. The first kappa shape index (κ1) is 15.6. The minimum Gasteiger partial charge on any atom is -0.326 e. The number of hydrogen-bond acceptors (Lipinski definition) is 2. The van der Waals surface area contributed by atoms with Gasteiger partial charge in [-0.2, -0.15) is 0 Å². The van der Waals surface area contributed by atoms with E-state index in [4.69, 9.17) is 0 Å². The Hall–Kier alpha value is -2.62. The molecule has 26 heavy (non-hydrogen) atoms. The molecule has 5 rings (SSSR count). The molecule has 2 fully saturated rings. The first-order chi connectivity index (χ1) is 12.7. The summed E-state index contributed by atoms with van der Waals surface area (Å²) in [7, 11) is 0. The number of nitrogens with zero attached hydrogens (tertiary/aromatic N) is 1. The lowest BCUT2D eigenvalue weighted by Crippen LogP contribution is -2.30. The van der Waals surface area contributed by atoms with Crippen LogP contribution in [0.25, 0.3) is 0 Å². The van der Waals surface area contributed by atoms with Crippen molar-refractivity contribution in [2.75, 3.05) is 16.8 Å². The molecule has 3 aliphatic rings. The van der Waals surface area contributed by atoms with Crippen LogP contribution in [-0.2, 0) is 16.0 Å². The van der Waals surface area contributed by atoms with Gasteiger partial charge in [-0.25, -0.2) is 0 Å². The van der Waals surface area contributed by atoms with Crippen LogP contribution in [0.15, 0.2) is 48.5 Å². The Morgan fingerprint density at radius 1 is 1.04 bits per heavy atom. The molecule has 0 bridgehead atoms. The van der Waals surface area contributed by atoms with Crippen molar-refractivity contribution >= 4 is 23.2 Å². The van der Waals surface area contributed by atoms with Crippen molar-refractivity contribution in [1.29, 1.82) is 0 Å². The van der Waals surface area contributed by atoms with E-state index in [1.54, 1.807) is 0 Å². The second-order valence-electron chi connectivity index (χ2n) is 7.71. The third kappa shape index (κ3) is 2.79. The van der Waals surface area contributed by atoms with Gasteiger partial charge < -0.3 is 10.2 Å². The third-order valence-corrected chi connectivity index (χ3v) is 5.79. The third-order valence-electron chi connectivity index (χ3n) is 5.79. The summed E-state index contributed by atoms with van der Waals surface area (Å²) < 4.78 is 0. The van der Waals surface area contributed by atoms with Gasteiger partial charge in [-0.15, -0.1) is 0 Å². The molecule has 1 heterocycles. The van der Waals surface area contributed by atoms with Crippen LogP contribution in [-0.4, -0.2) is 18.4 Å². The van der Waals surface area contributed by atoms with Gasteiger partial charge >= 0.3 is 0 Å². The van der Waals surface area contributed by atoms with Gasteiger partial charge in [-0.3, -0.25) is 9.59 Å². The van der Waals surface area contributed by atoms with Crippen molar-refractivity contribution in [2.24, 2.45) is 11.8 Å². The molecule has 1 aliphatic heterocycles. The van der Waals surface area contributed by atoms with E-state index in [2.05, 4.69) is 17.4 Å². The fraction of sp³-hybridized carbons (Fsp3) is 0.364. The first-order valence-electron chi connectivity index (χ1n) is 9.51. The molecule has 0 radical (unpaired) electrons. The van der Waals surface area contributed by atoms with Gasteiger partial charge in [-0.1, -0.05) is 30.3 Å². The summed E-state index contributed by atoms with van der Waals surface area (Å²) in [6.45, 7) is 0.765. The van der Waals surface area contributed by atoms with Crippen molar-refractivity contribution in [3.8, 4) is 0 Å². The van der Waals surface area contributed by atoms with Crippen LogP contribution in [0.2, 0.25) is 0 Å². The van der Waals surface area contributed by atoms with Gasteiger partial charge in [0, 0.05) is 29.8 Å². The zero-order chi connectivity index (χ0) is 17.7. The highest BCUT2D eigenvalue weighted by molar-refractivity contribution is 5.99. The summed E-state index contributed by atoms with van der Waals surface area (Å²) in [4.78, 5) is 26.8. The Labute approximate surface area is 153 Å². The van der Waals surface area contributed by atoms with Crippen LogP contribution in [0, 0.1) is 11.8 Å². The van der Waals surface area contributed by atoms with Crippen LogP contribution < -0.4 is 10.2 Å². The maximum atomic E-state index is 12.6. The summed E-state index contributed by atoms with van der Waals surface area (Å²) >= 11 is 0. The molecule has 2 aromatic rings. The molecule has 2 amide bonds. The molecular weight excluding hydrogens is 324 g/mol. The SMILES string of the molecule is O=C(Nc1ccc2c(c1)CCN2C(=O)C1CC1)C1CC1c1ccccc1. The standard InChI is InChI=1S/C22H22N2O2/c25-21(19-13-18(19)14-4-2-1-3-5-14)23-17-8-9-20-16(12-17)10-11-24(20)22(26)15-6-7-15/h1-5,8-9,12,15,18-19H,6-7,10-11,13H2,(H,23,25). The molecule has 0 spiro atoms. The van der Waals surface area contributed by atoms with Crippen molar-refractivity contribution in [1.82, 2.24) is 0 Å². The normalized spacial score (nSPS) is 23.5. The molecule has 0 saturated heterocycles. The lowest BCUT2D eigenvalue weighted by molar-refractivity contribution is -0.119. The number of amides is 2. The van der Waals surface area contributed by atoms with Crippen LogP contribution >= 0.6 is 0 Å². The number of anilines is 2. The molecule has 2 aliphatic carbocycles. The number of carbonyl (C=O) groups excluding carboxylic acids is 2. The van der Waals surface area contributed by atoms with E-state index < -0.39 is 0 Å². The number of benzene rings is 2. The van der Waals surface area contributed by atoms with Gasteiger partial charge in [0.1, 0.15) is 0 Å². The molecule has 2 saturated carbocycles. The van der Waals surface area contributed by atoms with Gasteiger partial charge in [-0.05, 0) is 60.9 Å². The maximum absolute atomic E-state index is 12.6. The second-order valence-corrected chi connectivity index (χ2v) is 7.71. The zero-order valence-corrected chi connectivity index (χ0v) is 14.7. The molecule has 132 valence electrons. The van der Waals surface area contributed by atoms with Crippen LogP contribution in [0.3, 0.4) is 0 Å². The minimum absolute atomic E-state index is 0.0681. The Morgan fingerprint density at radius 2 is 1.85 bits per heavy atom. The fourth-order valence-corrected chi connectivity index (χ4v) is 4.05. The van der Waals surface area contributed by atoms with Gasteiger partial charge in [0.05, 0.1) is 0 Å². The van der Waals surface area contributed by atoms with Crippen molar-refractivity contribution < 1.29 is 9.59 Å². The Balaban J connectivity index is 1.26. The largest absolute Gasteiger partial charge is 0.326 e. The van der Waals surface area contributed by atoms with E-state index in [1.165, 1.54) is 5.56 Å². The van der Waals surface area contributed by atoms with Gasteiger partial charge in [0.2, 0.25) is 11.8 Å². The molecule has 4 heteroatoms. The molecule has 2 unspecified atom stereocenters. The lowest BCUT2D eigenvalue weighted by atomic mass is 10.1. The number of fused-ring (bicyclic) bond motifs is 1. The molecule has 1 N–H and O–H groups in total. The average molecular weight is 346 g/mol. The first-order valence-corrected chi connectivity index (χ1v) is 9.51. The van der Waals surface area contributed by atoms with Crippen LogP contribution in [0.5, 0.6) is 0 Å². The summed E-state index contributed by atoms with van der Waals surface area (Å²) in [5, 5.41) is 3.07. The number of nitrogens with one attached hydrogen (secondary N) is 1. The molecule has 4 nitrogen and oxygen atoms in total. The average Bonchev–Trinajstić information content (AvgIpc) is 3.57.